The van der Waals surface area contributed by atoms with Gasteiger partial charge in [0, 0.05) is 0 Å². The van der Waals surface area contributed by atoms with Gasteiger partial charge in [0.05, 0.1) is 12.0 Å². The fraction of sp³-hybridized carbons (Fsp3) is 0.538. The number of allylic oxidation sites excluding steroid dienone is 2. The average Bonchev–Trinajstić information content (AvgIpc) is 2.58. The summed E-state index contributed by atoms with van der Waals surface area (Å²) in [5.41, 5.74) is -0.582. The second-order valence-electron chi connectivity index (χ2n) is 4.25. The van der Waals surface area contributed by atoms with E-state index in [9.17, 15) is 9.59 Å². The summed E-state index contributed by atoms with van der Waals surface area (Å²) in [6, 6.07) is -0.539. The minimum Gasteiger partial charge on any atom is -0.464 e. The summed E-state index contributed by atoms with van der Waals surface area (Å²) in [7, 11) is 0. The Bertz CT molecular complexity index is 326. The van der Waals surface area contributed by atoms with Gasteiger partial charge >= 0.3 is 5.97 Å². The lowest BCUT2D eigenvalue weighted by atomic mass is 9.78. The molecule has 0 bridgehead atoms. The standard InChI is InChI=1S/C13H19NO3/c1-4-7-13(8-5-2)9-10(14-12(13)16)11(15)17-6-3/h4-5,10H,1-2,6-9H2,3H3,(H,14,16)/t10-/m0/s1. The van der Waals surface area contributed by atoms with E-state index in [4.69, 9.17) is 4.74 Å². The van der Waals surface area contributed by atoms with Gasteiger partial charge in [0.15, 0.2) is 0 Å². The minimum atomic E-state index is -0.582. The maximum atomic E-state index is 12.0. The van der Waals surface area contributed by atoms with Crippen molar-refractivity contribution in [2.75, 3.05) is 6.61 Å². The van der Waals surface area contributed by atoms with Gasteiger partial charge in [-0.05, 0) is 26.2 Å². The van der Waals surface area contributed by atoms with Crippen LogP contribution in [-0.2, 0) is 14.3 Å². The molecule has 0 aliphatic carbocycles. The number of ether oxygens (including phenoxy) is 1. The normalized spacial score (nSPS) is 21.7. The van der Waals surface area contributed by atoms with Crippen LogP contribution in [0.25, 0.3) is 0 Å². The first-order valence-electron chi connectivity index (χ1n) is 5.79. The van der Waals surface area contributed by atoms with Crippen LogP contribution in [0.5, 0.6) is 0 Å². The summed E-state index contributed by atoms with van der Waals surface area (Å²) >= 11 is 0. The lowest BCUT2D eigenvalue weighted by molar-refractivity contribution is -0.145. The maximum absolute atomic E-state index is 12.0. The van der Waals surface area contributed by atoms with E-state index in [0.29, 0.717) is 25.9 Å². The SMILES string of the molecule is C=CCC1(CC=C)C[C@@H](C(=O)OCC)NC1=O. The molecule has 0 spiro atoms. The van der Waals surface area contributed by atoms with Crippen molar-refractivity contribution in [3.8, 4) is 0 Å². The van der Waals surface area contributed by atoms with Crippen molar-refractivity contribution in [3.63, 3.8) is 0 Å². The fourth-order valence-electron chi connectivity index (χ4n) is 2.22. The number of carbonyl (C=O) groups is 2. The molecule has 1 aliphatic rings. The van der Waals surface area contributed by atoms with E-state index in [2.05, 4.69) is 18.5 Å². The van der Waals surface area contributed by atoms with Crippen LogP contribution < -0.4 is 5.32 Å². The minimum absolute atomic E-state index is 0.115. The van der Waals surface area contributed by atoms with Crippen molar-refractivity contribution in [3.05, 3.63) is 25.3 Å². The predicted molar refractivity (Wildman–Crippen MR) is 65.2 cm³/mol. The van der Waals surface area contributed by atoms with E-state index in [0.717, 1.165) is 0 Å². The molecular formula is C13H19NO3. The molecule has 1 heterocycles. The molecule has 0 radical (unpaired) electrons. The van der Waals surface area contributed by atoms with E-state index in [1.54, 1.807) is 19.1 Å². The zero-order valence-electron chi connectivity index (χ0n) is 10.2. The third-order valence-corrected chi connectivity index (χ3v) is 3.02. The zero-order chi connectivity index (χ0) is 12.9. The number of nitrogens with one attached hydrogen (secondary N) is 1. The number of hydrogen-bond acceptors (Lipinski definition) is 3. The molecule has 94 valence electrons. The number of rotatable bonds is 6. The Morgan fingerprint density at radius 1 is 1.53 bits per heavy atom. The molecule has 4 heteroatoms. The third-order valence-electron chi connectivity index (χ3n) is 3.02. The molecule has 0 aromatic carbocycles. The van der Waals surface area contributed by atoms with Crippen LogP contribution in [-0.4, -0.2) is 24.5 Å². The van der Waals surface area contributed by atoms with Gasteiger partial charge in [0.25, 0.3) is 0 Å². The summed E-state index contributed by atoms with van der Waals surface area (Å²) in [5, 5.41) is 2.69. The first kappa shape index (κ1) is 13.5. The molecule has 0 unspecified atom stereocenters. The fourth-order valence-corrected chi connectivity index (χ4v) is 2.22. The van der Waals surface area contributed by atoms with Crippen LogP contribution >= 0.6 is 0 Å². The summed E-state index contributed by atoms with van der Waals surface area (Å²) in [5.74, 6) is -0.480. The van der Waals surface area contributed by atoms with Gasteiger partial charge in [-0.2, -0.15) is 0 Å². The van der Waals surface area contributed by atoms with Crippen molar-refractivity contribution in [2.45, 2.75) is 32.2 Å². The highest BCUT2D eigenvalue weighted by molar-refractivity contribution is 5.92. The molecule has 1 amide bonds. The smallest absolute Gasteiger partial charge is 0.328 e. The van der Waals surface area contributed by atoms with Gasteiger partial charge < -0.3 is 10.1 Å². The third kappa shape index (κ3) is 2.75. The Hall–Kier alpha value is -1.58. The molecule has 4 nitrogen and oxygen atoms in total. The summed E-state index contributed by atoms with van der Waals surface area (Å²) < 4.78 is 4.92. The first-order chi connectivity index (χ1) is 8.09. The molecule has 1 saturated heterocycles. The van der Waals surface area contributed by atoms with Crippen molar-refractivity contribution >= 4 is 11.9 Å². The van der Waals surface area contributed by atoms with Crippen LogP contribution in [0, 0.1) is 5.41 Å². The van der Waals surface area contributed by atoms with Gasteiger partial charge in [0.1, 0.15) is 6.04 Å². The van der Waals surface area contributed by atoms with Gasteiger partial charge in [0.2, 0.25) is 5.91 Å². The van der Waals surface area contributed by atoms with Gasteiger partial charge in [-0.25, -0.2) is 4.79 Å². The highest BCUT2D eigenvalue weighted by Gasteiger charge is 2.47. The Balaban J connectivity index is 2.81. The van der Waals surface area contributed by atoms with E-state index in [1.807, 2.05) is 0 Å². The number of carbonyl (C=O) groups excluding carboxylic acids is 2. The lowest BCUT2D eigenvalue weighted by Crippen LogP contribution is -2.35. The van der Waals surface area contributed by atoms with Crippen LogP contribution in [0.2, 0.25) is 0 Å². The van der Waals surface area contributed by atoms with Crippen LogP contribution in [0.15, 0.2) is 25.3 Å². The topological polar surface area (TPSA) is 55.4 Å². The van der Waals surface area contributed by atoms with Crippen molar-refractivity contribution < 1.29 is 14.3 Å². The predicted octanol–water partition coefficient (Wildman–Crippen LogP) is 1.58. The molecule has 17 heavy (non-hydrogen) atoms. The average molecular weight is 237 g/mol. The molecule has 1 fully saturated rings. The molecule has 1 N–H and O–H groups in total. The summed E-state index contributed by atoms with van der Waals surface area (Å²) in [6.45, 7) is 9.39. The monoisotopic (exact) mass is 237 g/mol. The largest absolute Gasteiger partial charge is 0.464 e. The Morgan fingerprint density at radius 2 is 2.12 bits per heavy atom. The van der Waals surface area contributed by atoms with Gasteiger partial charge in [-0.1, -0.05) is 12.2 Å². The Morgan fingerprint density at radius 3 is 2.59 bits per heavy atom. The number of hydrogen-bond donors (Lipinski definition) is 1. The van der Waals surface area contributed by atoms with Crippen molar-refractivity contribution in [1.82, 2.24) is 5.32 Å². The first-order valence-corrected chi connectivity index (χ1v) is 5.79. The van der Waals surface area contributed by atoms with Crippen LogP contribution in [0.4, 0.5) is 0 Å². The number of amides is 1. The molecule has 0 aromatic rings. The van der Waals surface area contributed by atoms with Crippen molar-refractivity contribution in [1.29, 1.82) is 0 Å². The molecule has 1 rings (SSSR count). The van der Waals surface area contributed by atoms with Gasteiger partial charge in [-0.3, -0.25) is 4.79 Å². The molecule has 0 aromatic heterocycles. The highest BCUT2D eigenvalue weighted by Crippen LogP contribution is 2.38. The lowest BCUT2D eigenvalue weighted by Gasteiger charge is -2.22. The number of esters is 1. The van der Waals surface area contributed by atoms with E-state index in [-0.39, 0.29) is 11.9 Å². The van der Waals surface area contributed by atoms with Crippen LogP contribution in [0.1, 0.15) is 26.2 Å². The molecular weight excluding hydrogens is 218 g/mol. The van der Waals surface area contributed by atoms with Gasteiger partial charge in [-0.15, -0.1) is 13.2 Å². The Kier molecular flexibility index (Phi) is 4.49. The van der Waals surface area contributed by atoms with Crippen molar-refractivity contribution in [2.24, 2.45) is 5.41 Å². The molecule has 1 aliphatic heterocycles. The van der Waals surface area contributed by atoms with E-state index >= 15 is 0 Å². The van der Waals surface area contributed by atoms with E-state index in [1.165, 1.54) is 0 Å². The zero-order valence-corrected chi connectivity index (χ0v) is 10.2. The molecule has 0 saturated carbocycles. The van der Waals surface area contributed by atoms with E-state index < -0.39 is 11.5 Å². The molecule has 1 atom stereocenters. The second-order valence-corrected chi connectivity index (χ2v) is 4.25. The summed E-state index contributed by atoms with van der Waals surface area (Å²) in [4.78, 5) is 23.6. The van der Waals surface area contributed by atoms with Crippen LogP contribution in [0.3, 0.4) is 0 Å². The second kappa shape index (κ2) is 5.66. The quantitative estimate of drug-likeness (QED) is 0.563. The summed E-state index contributed by atoms with van der Waals surface area (Å²) in [6.07, 6.45) is 4.94. The highest BCUT2D eigenvalue weighted by atomic mass is 16.5. The maximum Gasteiger partial charge on any atom is 0.328 e. The Labute approximate surface area is 102 Å².